The molecule has 7 heteroatoms. The standard InChI is InChI=1S/C22H16ClNO2S3/c1-14-3-2-4-17(11-14)24-21(25)19(29-22(24)27)12-18-9-10-20(26-18)28-13-15-5-7-16(23)8-6-15/h2-12H,13H2,1H3. The summed E-state index contributed by atoms with van der Waals surface area (Å²) in [4.78, 5) is 15.0. The fourth-order valence-corrected chi connectivity index (χ4v) is 5.04. The largest absolute Gasteiger partial charge is 0.450 e. The van der Waals surface area contributed by atoms with Crippen LogP contribution in [0.25, 0.3) is 6.08 Å². The van der Waals surface area contributed by atoms with Gasteiger partial charge in [0.2, 0.25) is 0 Å². The Balaban J connectivity index is 1.46. The Kier molecular flexibility index (Phi) is 6.15. The monoisotopic (exact) mass is 457 g/mol. The molecule has 2 aromatic carbocycles. The van der Waals surface area contributed by atoms with Crippen LogP contribution >= 0.6 is 47.3 Å². The molecule has 0 aliphatic carbocycles. The molecule has 29 heavy (non-hydrogen) atoms. The molecule has 146 valence electrons. The van der Waals surface area contributed by atoms with Gasteiger partial charge in [0.15, 0.2) is 9.41 Å². The molecule has 0 atom stereocenters. The van der Waals surface area contributed by atoms with E-state index >= 15 is 0 Å². The first-order chi connectivity index (χ1) is 14.0. The molecule has 4 rings (SSSR count). The molecule has 1 fully saturated rings. The lowest BCUT2D eigenvalue weighted by Crippen LogP contribution is -2.27. The van der Waals surface area contributed by atoms with Crippen molar-refractivity contribution in [1.82, 2.24) is 0 Å². The average Bonchev–Trinajstić information content (AvgIpc) is 3.25. The number of anilines is 1. The molecular weight excluding hydrogens is 442 g/mol. The van der Waals surface area contributed by atoms with Crippen molar-refractivity contribution in [2.45, 2.75) is 17.8 Å². The van der Waals surface area contributed by atoms with E-state index in [0.717, 1.165) is 32.7 Å². The number of benzene rings is 2. The van der Waals surface area contributed by atoms with E-state index in [1.807, 2.05) is 67.6 Å². The van der Waals surface area contributed by atoms with Gasteiger partial charge >= 0.3 is 0 Å². The Morgan fingerprint density at radius 1 is 1.17 bits per heavy atom. The van der Waals surface area contributed by atoms with Crippen LogP contribution in [0.1, 0.15) is 16.9 Å². The summed E-state index contributed by atoms with van der Waals surface area (Å²) >= 11 is 14.2. The summed E-state index contributed by atoms with van der Waals surface area (Å²) in [6.45, 7) is 1.99. The van der Waals surface area contributed by atoms with Crippen molar-refractivity contribution in [2.75, 3.05) is 4.90 Å². The van der Waals surface area contributed by atoms with Gasteiger partial charge in [-0.1, -0.05) is 71.6 Å². The van der Waals surface area contributed by atoms with Gasteiger partial charge in [-0.05, 0) is 54.4 Å². The lowest BCUT2D eigenvalue weighted by molar-refractivity contribution is -0.113. The molecule has 0 bridgehead atoms. The fourth-order valence-electron chi connectivity index (χ4n) is 2.81. The number of furan rings is 1. The Bertz CT molecular complexity index is 1110. The molecule has 1 aliphatic heterocycles. The van der Waals surface area contributed by atoms with Crippen molar-refractivity contribution in [1.29, 1.82) is 0 Å². The van der Waals surface area contributed by atoms with Gasteiger partial charge in [-0.15, -0.1) is 0 Å². The highest BCUT2D eigenvalue weighted by Gasteiger charge is 2.33. The summed E-state index contributed by atoms with van der Waals surface area (Å²) in [5, 5.41) is 1.52. The lowest BCUT2D eigenvalue weighted by atomic mass is 10.2. The molecule has 0 N–H and O–H groups in total. The first kappa shape index (κ1) is 20.3. The highest BCUT2D eigenvalue weighted by atomic mass is 35.5. The smallest absolute Gasteiger partial charge is 0.270 e. The summed E-state index contributed by atoms with van der Waals surface area (Å²) < 4.78 is 6.39. The van der Waals surface area contributed by atoms with Crippen LogP contribution in [0.15, 0.2) is 75.1 Å². The van der Waals surface area contributed by atoms with Crippen LogP contribution in [-0.4, -0.2) is 10.2 Å². The van der Waals surface area contributed by atoms with Gasteiger partial charge in [0.1, 0.15) is 5.76 Å². The summed E-state index contributed by atoms with van der Waals surface area (Å²) in [6, 6.07) is 19.3. The predicted molar refractivity (Wildman–Crippen MR) is 127 cm³/mol. The zero-order valence-corrected chi connectivity index (χ0v) is 18.6. The first-order valence-electron chi connectivity index (χ1n) is 8.81. The second-order valence-corrected chi connectivity index (χ2v) is 9.52. The molecule has 1 amide bonds. The number of carbonyl (C=O) groups is 1. The van der Waals surface area contributed by atoms with Crippen LogP contribution < -0.4 is 4.90 Å². The molecule has 1 aliphatic rings. The normalized spacial score (nSPS) is 15.5. The second kappa shape index (κ2) is 8.79. The van der Waals surface area contributed by atoms with Crippen molar-refractivity contribution < 1.29 is 9.21 Å². The Morgan fingerprint density at radius 3 is 2.72 bits per heavy atom. The summed E-state index contributed by atoms with van der Waals surface area (Å²) in [5.74, 6) is 1.28. The van der Waals surface area contributed by atoms with E-state index < -0.39 is 0 Å². The number of thiocarbonyl (C=S) groups is 1. The van der Waals surface area contributed by atoms with E-state index in [1.165, 1.54) is 11.8 Å². The Labute approximate surface area is 188 Å². The molecule has 0 saturated carbocycles. The van der Waals surface area contributed by atoms with Crippen LogP contribution in [0.3, 0.4) is 0 Å². The third kappa shape index (κ3) is 4.78. The zero-order valence-electron chi connectivity index (χ0n) is 15.4. The average molecular weight is 458 g/mol. The third-order valence-electron chi connectivity index (χ3n) is 4.22. The quantitative estimate of drug-likeness (QED) is 0.235. The van der Waals surface area contributed by atoms with Crippen LogP contribution in [0.2, 0.25) is 5.02 Å². The maximum Gasteiger partial charge on any atom is 0.270 e. The van der Waals surface area contributed by atoms with E-state index in [-0.39, 0.29) is 5.91 Å². The van der Waals surface area contributed by atoms with E-state index in [1.54, 1.807) is 22.7 Å². The number of aryl methyl sites for hydroxylation is 1. The number of carbonyl (C=O) groups excluding carboxylic acids is 1. The van der Waals surface area contributed by atoms with Gasteiger partial charge in [-0.2, -0.15) is 0 Å². The van der Waals surface area contributed by atoms with Gasteiger partial charge in [0, 0.05) is 16.9 Å². The van der Waals surface area contributed by atoms with Gasteiger partial charge < -0.3 is 4.42 Å². The molecule has 1 saturated heterocycles. The molecule has 0 radical (unpaired) electrons. The van der Waals surface area contributed by atoms with Crippen LogP contribution in [0.5, 0.6) is 0 Å². The summed E-state index contributed by atoms with van der Waals surface area (Å²) in [6.07, 6.45) is 1.75. The van der Waals surface area contributed by atoms with Gasteiger partial charge in [-0.25, -0.2) is 0 Å². The molecule has 0 spiro atoms. The van der Waals surface area contributed by atoms with E-state index in [0.29, 0.717) is 15.0 Å². The number of hydrogen-bond donors (Lipinski definition) is 0. The second-order valence-electron chi connectivity index (χ2n) is 6.43. The number of thioether (sulfide) groups is 2. The molecular formula is C22H16ClNO2S3. The molecule has 0 unspecified atom stereocenters. The summed E-state index contributed by atoms with van der Waals surface area (Å²) in [5.41, 5.74) is 3.03. The van der Waals surface area contributed by atoms with Gasteiger partial charge in [0.05, 0.1) is 10.6 Å². The van der Waals surface area contributed by atoms with Gasteiger partial charge in [-0.3, -0.25) is 9.69 Å². The minimum absolute atomic E-state index is 0.127. The van der Waals surface area contributed by atoms with E-state index in [4.69, 9.17) is 28.2 Å². The van der Waals surface area contributed by atoms with Crippen LogP contribution in [-0.2, 0) is 10.5 Å². The SMILES string of the molecule is Cc1cccc(N2C(=O)C(=Cc3ccc(SCc4ccc(Cl)cc4)o3)SC2=S)c1. The summed E-state index contributed by atoms with van der Waals surface area (Å²) in [7, 11) is 0. The maximum atomic E-state index is 12.9. The fraction of sp³-hybridized carbons (Fsp3) is 0.0909. The topological polar surface area (TPSA) is 33.5 Å². The number of nitrogens with zero attached hydrogens (tertiary/aromatic N) is 1. The Hall–Kier alpha value is -1.99. The van der Waals surface area contributed by atoms with Crippen LogP contribution in [0, 0.1) is 6.92 Å². The lowest BCUT2D eigenvalue weighted by Gasteiger charge is -2.14. The number of halogens is 1. The van der Waals surface area contributed by atoms with Gasteiger partial charge in [0.25, 0.3) is 5.91 Å². The maximum absolute atomic E-state index is 12.9. The first-order valence-corrected chi connectivity index (χ1v) is 11.4. The minimum Gasteiger partial charge on any atom is -0.450 e. The minimum atomic E-state index is -0.127. The predicted octanol–water partition coefficient (Wildman–Crippen LogP) is 6.94. The third-order valence-corrected chi connectivity index (χ3v) is 6.76. The number of hydrogen-bond acceptors (Lipinski definition) is 5. The van der Waals surface area contributed by atoms with Crippen molar-refractivity contribution in [3.05, 3.63) is 87.5 Å². The molecule has 2 heterocycles. The van der Waals surface area contributed by atoms with Crippen molar-refractivity contribution in [2.24, 2.45) is 0 Å². The number of rotatable bonds is 5. The van der Waals surface area contributed by atoms with E-state index in [9.17, 15) is 4.79 Å². The highest BCUT2D eigenvalue weighted by molar-refractivity contribution is 8.27. The van der Waals surface area contributed by atoms with E-state index in [2.05, 4.69) is 0 Å². The molecule has 1 aromatic heterocycles. The Morgan fingerprint density at radius 2 is 1.97 bits per heavy atom. The molecule has 3 aromatic rings. The zero-order chi connectivity index (χ0) is 20.4. The molecule has 3 nitrogen and oxygen atoms in total. The highest BCUT2D eigenvalue weighted by Crippen LogP contribution is 2.37. The van der Waals surface area contributed by atoms with Crippen LogP contribution in [0.4, 0.5) is 5.69 Å². The van der Waals surface area contributed by atoms with Crippen molar-refractivity contribution in [3.8, 4) is 0 Å². The van der Waals surface area contributed by atoms with Crippen molar-refractivity contribution >= 4 is 69.3 Å². The number of amides is 1. The van der Waals surface area contributed by atoms with Crippen molar-refractivity contribution in [3.63, 3.8) is 0 Å².